The van der Waals surface area contributed by atoms with Crippen LogP contribution in [0.15, 0.2) is 18.2 Å². The first-order valence-corrected chi connectivity index (χ1v) is 6.40. The minimum atomic E-state index is -0.611. The molecule has 5 heteroatoms. The van der Waals surface area contributed by atoms with Crippen LogP contribution in [0.25, 0.3) is 0 Å². The topological polar surface area (TPSA) is 64.9 Å². The number of rotatable bonds is 3. The Kier molecular flexibility index (Phi) is 4.48. The Hall–Kier alpha value is -1.93. The van der Waals surface area contributed by atoms with Gasteiger partial charge in [-0.1, -0.05) is 6.07 Å². The normalized spacial score (nSPS) is 18.6. The first kappa shape index (κ1) is 13.5. The predicted molar refractivity (Wildman–Crippen MR) is 70.0 cm³/mol. The summed E-state index contributed by atoms with van der Waals surface area (Å²) in [6.45, 7) is 1.84. The summed E-state index contributed by atoms with van der Waals surface area (Å²) >= 11 is 0. The van der Waals surface area contributed by atoms with Gasteiger partial charge in [0.15, 0.2) is 0 Å². The standard InChI is InChI=1S/C14H16FN3O/c15-12-4-1-5-13(11(12)8-16)18-14(19)7-10-3-2-6-17-9-10/h1,4-5,10,17H,2-3,6-7,9H2,(H,18,19). The molecule has 0 aromatic heterocycles. The molecule has 0 bridgehead atoms. The Morgan fingerprint density at radius 3 is 3.11 bits per heavy atom. The fourth-order valence-electron chi connectivity index (χ4n) is 2.30. The molecule has 1 aliphatic rings. The van der Waals surface area contributed by atoms with Crippen LogP contribution in [0.2, 0.25) is 0 Å². The molecule has 0 spiro atoms. The summed E-state index contributed by atoms with van der Waals surface area (Å²) in [5, 5.41) is 14.7. The van der Waals surface area contributed by atoms with Crippen LogP contribution in [0.1, 0.15) is 24.8 Å². The number of nitrogens with one attached hydrogen (secondary N) is 2. The van der Waals surface area contributed by atoms with Crippen LogP contribution < -0.4 is 10.6 Å². The van der Waals surface area contributed by atoms with Crippen LogP contribution in [0.3, 0.4) is 0 Å². The zero-order valence-corrected chi connectivity index (χ0v) is 10.6. The smallest absolute Gasteiger partial charge is 0.224 e. The molecule has 0 radical (unpaired) electrons. The highest BCUT2D eigenvalue weighted by Gasteiger charge is 2.18. The largest absolute Gasteiger partial charge is 0.325 e. The van der Waals surface area contributed by atoms with Gasteiger partial charge in [0, 0.05) is 6.42 Å². The van der Waals surface area contributed by atoms with Gasteiger partial charge in [0.05, 0.1) is 5.69 Å². The van der Waals surface area contributed by atoms with Crippen LogP contribution in [0, 0.1) is 23.1 Å². The van der Waals surface area contributed by atoms with Crippen molar-refractivity contribution >= 4 is 11.6 Å². The van der Waals surface area contributed by atoms with Crippen LogP contribution in [-0.4, -0.2) is 19.0 Å². The number of carbonyl (C=O) groups excluding carboxylic acids is 1. The molecule has 1 aliphatic heterocycles. The molecule has 0 saturated carbocycles. The third-order valence-electron chi connectivity index (χ3n) is 3.27. The Balaban J connectivity index is 1.99. The molecule has 1 heterocycles. The van der Waals surface area contributed by atoms with Gasteiger partial charge in [-0.15, -0.1) is 0 Å². The van der Waals surface area contributed by atoms with E-state index in [1.165, 1.54) is 12.1 Å². The molecule has 100 valence electrons. The van der Waals surface area contributed by atoms with Crippen molar-refractivity contribution in [2.75, 3.05) is 18.4 Å². The molecule has 1 amide bonds. The van der Waals surface area contributed by atoms with E-state index in [4.69, 9.17) is 5.26 Å². The minimum Gasteiger partial charge on any atom is -0.325 e. The Bertz CT molecular complexity index is 504. The van der Waals surface area contributed by atoms with E-state index in [0.717, 1.165) is 25.9 Å². The van der Waals surface area contributed by atoms with Gasteiger partial charge in [-0.25, -0.2) is 4.39 Å². The van der Waals surface area contributed by atoms with Gasteiger partial charge in [0.25, 0.3) is 0 Å². The Labute approximate surface area is 111 Å². The van der Waals surface area contributed by atoms with Crippen molar-refractivity contribution in [1.82, 2.24) is 5.32 Å². The van der Waals surface area contributed by atoms with Crippen LogP contribution >= 0.6 is 0 Å². The molecule has 4 nitrogen and oxygen atoms in total. The van der Waals surface area contributed by atoms with E-state index >= 15 is 0 Å². The van der Waals surface area contributed by atoms with Crippen LogP contribution in [-0.2, 0) is 4.79 Å². The molecule has 2 rings (SSSR count). The van der Waals surface area contributed by atoms with E-state index in [2.05, 4.69) is 10.6 Å². The lowest BCUT2D eigenvalue weighted by Crippen LogP contribution is -2.32. The summed E-state index contributed by atoms with van der Waals surface area (Å²) in [6, 6.07) is 6.00. The highest BCUT2D eigenvalue weighted by Crippen LogP contribution is 2.20. The molecule has 1 saturated heterocycles. The second kappa shape index (κ2) is 6.30. The molecular formula is C14H16FN3O. The summed E-state index contributed by atoms with van der Waals surface area (Å²) in [6.07, 6.45) is 2.49. The van der Waals surface area contributed by atoms with Gasteiger partial charge in [-0.05, 0) is 44.0 Å². The second-order valence-corrected chi connectivity index (χ2v) is 4.74. The van der Waals surface area contributed by atoms with E-state index in [1.54, 1.807) is 12.1 Å². The number of benzene rings is 1. The third-order valence-corrected chi connectivity index (χ3v) is 3.27. The first-order chi connectivity index (χ1) is 9.20. The maximum absolute atomic E-state index is 13.4. The molecule has 1 fully saturated rings. The number of carbonyl (C=O) groups is 1. The average Bonchev–Trinajstić information content (AvgIpc) is 2.40. The van der Waals surface area contributed by atoms with Crippen LogP contribution in [0.4, 0.5) is 10.1 Å². The van der Waals surface area contributed by atoms with Gasteiger partial charge < -0.3 is 10.6 Å². The molecule has 1 aromatic rings. The maximum Gasteiger partial charge on any atom is 0.224 e. The van der Waals surface area contributed by atoms with Gasteiger partial charge in [0.2, 0.25) is 5.91 Å². The summed E-state index contributed by atoms with van der Waals surface area (Å²) in [4.78, 5) is 11.9. The van der Waals surface area contributed by atoms with Gasteiger partial charge in [-0.3, -0.25) is 4.79 Å². The number of anilines is 1. The quantitative estimate of drug-likeness (QED) is 0.875. The lowest BCUT2D eigenvalue weighted by Gasteiger charge is -2.22. The highest BCUT2D eigenvalue weighted by molar-refractivity contribution is 5.92. The molecule has 1 atom stereocenters. The summed E-state index contributed by atoms with van der Waals surface area (Å²) in [7, 11) is 0. The third kappa shape index (κ3) is 3.52. The molecule has 2 N–H and O–H groups in total. The molecule has 1 aromatic carbocycles. The molecule has 19 heavy (non-hydrogen) atoms. The van der Waals surface area contributed by atoms with Crippen molar-refractivity contribution in [3.63, 3.8) is 0 Å². The number of hydrogen-bond donors (Lipinski definition) is 2. The van der Waals surface area contributed by atoms with E-state index in [-0.39, 0.29) is 17.2 Å². The number of amides is 1. The first-order valence-electron chi connectivity index (χ1n) is 6.40. The Morgan fingerprint density at radius 1 is 1.58 bits per heavy atom. The monoisotopic (exact) mass is 261 g/mol. The average molecular weight is 261 g/mol. The number of nitriles is 1. The highest BCUT2D eigenvalue weighted by atomic mass is 19.1. The van der Waals surface area contributed by atoms with Crippen molar-refractivity contribution in [3.8, 4) is 6.07 Å². The number of halogens is 1. The molecule has 0 aliphatic carbocycles. The number of hydrogen-bond acceptors (Lipinski definition) is 3. The SMILES string of the molecule is N#Cc1c(F)cccc1NC(=O)CC1CCCNC1. The fraction of sp³-hybridized carbons (Fsp3) is 0.429. The van der Waals surface area contributed by atoms with Crippen molar-refractivity contribution in [2.24, 2.45) is 5.92 Å². The maximum atomic E-state index is 13.4. The number of nitrogens with zero attached hydrogens (tertiary/aromatic N) is 1. The molecular weight excluding hydrogens is 245 g/mol. The van der Waals surface area contributed by atoms with E-state index in [9.17, 15) is 9.18 Å². The Morgan fingerprint density at radius 2 is 2.42 bits per heavy atom. The summed E-state index contributed by atoms with van der Waals surface area (Å²) in [5.41, 5.74) is 0.133. The predicted octanol–water partition coefficient (Wildman–Crippen LogP) is 2.03. The minimum absolute atomic E-state index is 0.113. The summed E-state index contributed by atoms with van der Waals surface area (Å²) < 4.78 is 13.4. The van der Waals surface area contributed by atoms with Crippen molar-refractivity contribution in [3.05, 3.63) is 29.6 Å². The molecule has 1 unspecified atom stereocenters. The lowest BCUT2D eigenvalue weighted by molar-refractivity contribution is -0.117. The summed E-state index contributed by atoms with van der Waals surface area (Å²) in [5.74, 6) is -0.469. The van der Waals surface area contributed by atoms with E-state index in [1.807, 2.05) is 0 Å². The van der Waals surface area contributed by atoms with Crippen LogP contribution in [0.5, 0.6) is 0 Å². The van der Waals surface area contributed by atoms with Crippen molar-refractivity contribution in [1.29, 1.82) is 5.26 Å². The fourth-order valence-corrected chi connectivity index (χ4v) is 2.30. The lowest BCUT2D eigenvalue weighted by atomic mass is 9.96. The van der Waals surface area contributed by atoms with Gasteiger partial charge >= 0.3 is 0 Å². The van der Waals surface area contributed by atoms with Gasteiger partial charge in [-0.2, -0.15) is 5.26 Å². The zero-order chi connectivity index (χ0) is 13.7. The van der Waals surface area contributed by atoms with E-state index < -0.39 is 5.82 Å². The van der Waals surface area contributed by atoms with Crippen molar-refractivity contribution in [2.45, 2.75) is 19.3 Å². The zero-order valence-electron chi connectivity index (χ0n) is 10.6. The van der Waals surface area contributed by atoms with Crippen molar-refractivity contribution < 1.29 is 9.18 Å². The van der Waals surface area contributed by atoms with Gasteiger partial charge in [0.1, 0.15) is 17.4 Å². The van der Waals surface area contributed by atoms with E-state index in [0.29, 0.717) is 12.3 Å². The second-order valence-electron chi connectivity index (χ2n) is 4.74. The number of piperidine rings is 1.